The summed E-state index contributed by atoms with van der Waals surface area (Å²) in [5.41, 5.74) is -1.45. The molecular weight excluding hydrogens is 297 g/mol. The summed E-state index contributed by atoms with van der Waals surface area (Å²) in [4.78, 5) is 12.0. The maximum absolute atomic E-state index is 13.6. The number of carbonyl (C=O) groups excluding carboxylic acids is 1. The van der Waals surface area contributed by atoms with Gasteiger partial charge >= 0.3 is 0 Å². The van der Waals surface area contributed by atoms with Gasteiger partial charge in [-0.15, -0.1) is 0 Å². The summed E-state index contributed by atoms with van der Waals surface area (Å²) in [6.45, 7) is 1.50. The Hall–Kier alpha value is -1.85. The highest BCUT2D eigenvalue weighted by molar-refractivity contribution is 6.33. The Bertz CT molecular complexity index is 606. The number of halogens is 2. The third-order valence-corrected chi connectivity index (χ3v) is 3.27. The molecule has 2 aromatic rings. The van der Waals surface area contributed by atoms with Crippen LogP contribution in [-0.4, -0.2) is 23.2 Å². The zero-order valence-corrected chi connectivity index (χ0v) is 12.2. The summed E-state index contributed by atoms with van der Waals surface area (Å²) in [5.74, 6) is -0.776. The Labute approximate surface area is 126 Å². The number of hydrogen-bond acceptors (Lipinski definition) is 3. The summed E-state index contributed by atoms with van der Waals surface area (Å²) in [6, 6.07) is 7.44. The molecule has 0 fully saturated rings. The van der Waals surface area contributed by atoms with Gasteiger partial charge in [0, 0.05) is 13.0 Å². The molecule has 6 heteroatoms. The van der Waals surface area contributed by atoms with Crippen molar-refractivity contribution in [2.75, 3.05) is 6.54 Å². The smallest absolute Gasteiger partial charge is 0.255 e. The summed E-state index contributed by atoms with van der Waals surface area (Å²) in [6.07, 6.45) is 1.73. The molecule has 0 bridgehead atoms. The van der Waals surface area contributed by atoms with E-state index in [0.717, 1.165) is 6.07 Å². The summed E-state index contributed by atoms with van der Waals surface area (Å²) >= 11 is 5.81. The number of amides is 1. The van der Waals surface area contributed by atoms with E-state index < -0.39 is 17.3 Å². The number of benzene rings is 1. The molecule has 1 atom stereocenters. The fourth-order valence-electron chi connectivity index (χ4n) is 1.92. The average molecular weight is 312 g/mol. The zero-order valence-electron chi connectivity index (χ0n) is 11.4. The van der Waals surface area contributed by atoms with Gasteiger partial charge < -0.3 is 14.8 Å². The first-order valence-electron chi connectivity index (χ1n) is 6.36. The molecule has 1 amide bonds. The topological polar surface area (TPSA) is 62.5 Å². The highest BCUT2D eigenvalue weighted by Crippen LogP contribution is 2.19. The molecule has 1 aromatic heterocycles. The van der Waals surface area contributed by atoms with Crippen LogP contribution >= 0.6 is 11.6 Å². The van der Waals surface area contributed by atoms with Crippen molar-refractivity contribution in [3.05, 3.63) is 58.8 Å². The second-order valence-corrected chi connectivity index (χ2v) is 5.44. The first-order valence-corrected chi connectivity index (χ1v) is 6.74. The van der Waals surface area contributed by atoms with E-state index in [-0.39, 0.29) is 23.6 Å². The Morgan fingerprint density at radius 2 is 2.19 bits per heavy atom. The van der Waals surface area contributed by atoms with Crippen LogP contribution in [0.5, 0.6) is 0 Å². The number of nitrogens with one attached hydrogen (secondary N) is 1. The fourth-order valence-corrected chi connectivity index (χ4v) is 2.17. The van der Waals surface area contributed by atoms with Crippen LogP contribution < -0.4 is 5.32 Å². The Kier molecular flexibility index (Phi) is 4.65. The Morgan fingerprint density at radius 3 is 2.81 bits per heavy atom. The van der Waals surface area contributed by atoms with Crippen molar-refractivity contribution in [1.82, 2.24) is 5.32 Å². The van der Waals surface area contributed by atoms with Crippen LogP contribution in [0.3, 0.4) is 0 Å². The molecule has 0 radical (unpaired) electrons. The monoisotopic (exact) mass is 311 g/mol. The van der Waals surface area contributed by atoms with Crippen molar-refractivity contribution in [2.45, 2.75) is 18.9 Å². The number of aliphatic hydroxyl groups is 1. The molecule has 0 spiro atoms. The third kappa shape index (κ3) is 4.06. The standard InChI is InChI=1S/C15H15ClFNO3/c1-15(20,8-10-4-3-7-21-10)9-18-14(19)13-11(16)5-2-6-12(13)17/h2-7,20H,8-9H2,1H3,(H,18,19)/t15-/m0/s1. The molecule has 2 rings (SSSR count). The minimum Gasteiger partial charge on any atom is -0.469 e. The van der Waals surface area contributed by atoms with Crippen molar-refractivity contribution >= 4 is 17.5 Å². The molecule has 4 nitrogen and oxygen atoms in total. The van der Waals surface area contributed by atoms with E-state index in [9.17, 15) is 14.3 Å². The summed E-state index contributed by atoms with van der Waals surface area (Å²) < 4.78 is 18.7. The average Bonchev–Trinajstić information content (AvgIpc) is 2.88. The molecule has 0 unspecified atom stereocenters. The van der Waals surface area contributed by atoms with Gasteiger partial charge in [-0.05, 0) is 31.2 Å². The third-order valence-electron chi connectivity index (χ3n) is 2.95. The van der Waals surface area contributed by atoms with Crippen LogP contribution in [0.2, 0.25) is 5.02 Å². The van der Waals surface area contributed by atoms with Crippen LogP contribution in [0, 0.1) is 5.82 Å². The van der Waals surface area contributed by atoms with E-state index >= 15 is 0 Å². The van der Waals surface area contributed by atoms with Gasteiger partial charge in [0.05, 0.1) is 22.5 Å². The maximum Gasteiger partial charge on any atom is 0.255 e. The lowest BCUT2D eigenvalue weighted by Gasteiger charge is -2.22. The van der Waals surface area contributed by atoms with Gasteiger partial charge in [0.15, 0.2) is 0 Å². The van der Waals surface area contributed by atoms with E-state index in [1.54, 1.807) is 19.1 Å². The second-order valence-electron chi connectivity index (χ2n) is 5.03. The lowest BCUT2D eigenvalue weighted by atomic mass is 10.0. The summed E-state index contributed by atoms with van der Waals surface area (Å²) in [5, 5.41) is 12.7. The van der Waals surface area contributed by atoms with Crippen molar-refractivity contribution in [2.24, 2.45) is 0 Å². The summed E-state index contributed by atoms with van der Waals surface area (Å²) in [7, 11) is 0. The van der Waals surface area contributed by atoms with Crippen LogP contribution in [0.1, 0.15) is 23.0 Å². The number of carbonyl (C=O) groups is 1. The predicted octanol–water partition coefficient (Wildman–Crippen LogP) is 2.80. The van der Waals surface area contributed by atoms with E-state index in [0.29, 0.717) is 5.76 Å². The predicted molar refractivity (Wildman–Crippen MR) is 76.8 cm³/mol. The largest absolute Gasteiger partial charge is 0.469 e. The molecule has 0 saturated heterocycles. The first kappa shape index (κ1) is 15.5. The first-order chi connectivity index (χ1) is 9.89. The van der Waals surface area contributed by atoms with Crippen molar-refractivity contribution in [1.29, 1.82) is 0 Å². The molecule has 0 aliphatic rings. The molecule has 112 valence electrons. The van der Waals surface area contributed by atoms with Gasteiger partial charge in [-0.1, -0.05) is 17.7 Å². The number of hydrogen-bond donors (Lipinski definition) is 2. The van der Waals surface area contributed by atoms with Crippen LogP contribution in [0.25, 0.3) is 0 Å². The lowest BCUT2D eigenvalue weighted by molar-refractivity contribution is 0.0509. The van der Waals surface area contributed by atoms with Crippen molar-refractivity contribution < 1.29 is 18.7 Å². The number of furan rings is 1. The van der Waals surface area contributed by atoms with E-state index in [1.165, 1.54) is 18.4 Å². The second kappa shape index (κ2) is 6.28. The van der Waals surface area contributed by atoms with Crippen molar-refractivity contribution in [3.8, 4) is 0 Å². The molecule has 2 N–H and O–H groups in total. The lowest BCUT2D eigenvalue weighted by Crippen LogP contribution is -2.42. The zero-order chi connectivity index (χ0) is 15.5. The molecule has 1 heterocycles. The molecule has 0 aliphatic carbocycles. The highest BCUT2D eigenvalue weighted by Gasteiger charge is 2.25. The van der Waals surface area contributed by atoms with Gasteiger partial charge in [-0.2, -0.15) is 0 Å². The van der Waals surface area contributed by atoms with Crippen LogP contribution in [0.4, 0.5) is 4.39 Å². The van der Waals surface area contributed by atoms with Crippen LogP contribution in [-0.2, 0) is 6.42 Å². The normalized spacial score (nSPS) is 13.7. The van der Waals surface area contributed by atoms with Gasteiger partial charge in [-0.3, -0.25) is 4.79 Å². The Balaban J connectivity index is 2.00. The SMILES string of the molecule is C[C@@](O)(CNC(=O)c1c(F)cccc1Cl)Cc1ccco1. The van der Waals surface area contributed by atoms with Gasteiger partial charge in [0.25, 0.3) is 5.91 Å². The van der Waals surface area contributed by atoms with E-state index in [2.05, 4.69) is 5.32 Å². The van der Waals surface area contributed by atoms with E-state index in [4.69, 9.17) is 16.0 Å². The van der Waals surface area contributed by atoms with Gasteiger partial charge in [-0.25, -0.2) is 4.39 Å². The molecular formula is C15H15ClFNO3. The minimum absolute atomic E-state index is 0.0261. The van der Waals surface area contributed by atoms with Gasteiger partial charge in [0.2, 0.25) is 0 Å². The van der Waals surface area contributed by atoms with Gasteiger partial charge in [0.1, 0.15) is 11.6 Å². The fraction of sp³-hybridized carbons (Fsp3) is 0.267. The minimum atomic E-state index is -1.22. The van der Waals surface area contributed by atoms with Crippen LogP contribution in [0.15, 0.2) is 41.0 Å². The molecule has 0 saturated carbocycles. The number of rotatable bonds is 5. The molecule has 1 aromatic carbocycles. The molecule has 21 heavy (non-hydrogen) atoms. The maximum atomic E-state index is 13.6. The Morgan fingerprint density at radius 1 is 1.43 bits per heavy atom. The van der Waals surface area contributed by atoms with E-state index in [1.807, 2.05) is 0 Å². The quantitative estimate of drug-likeness (QED) is 0.892. The van der Waals surface area contributed by atoms with Crippen molar-refractivity contribution in [3.63, 3.8) is 0 Å². The molecule has 0 aliphatic heterocycles. The highest BCUT2D eigenvalue weighted by atomic mass is 35.5.